The molecule has 1 aliphatic heterocycles. The number of aromatic nitrogens is 1. The third kappa shape index (κ3) is 3.43. The molecule has 0 bridgehead atoms. The summed E-state index contributed by atoms with van der Waals surface area (Å²) < 4.78 is 12.9. The van der Waals surface area contributed by atoms with Crippen molar-refractivity contribution in [3.63, 3.8) is 0 Å². The van der Waals surface area contributed by atoms with Gasteiger partial charge in [0.05, 0.1) is 4.91 Å². The highest BCUT2D eigenvalue weighted by Crippen LogP contribution is 2.34. The quantitative estimate of drug-likeness (QED) is 0.606. The number of likely N-dealkylation sites (N-methyl/N-ethyl adjacent to an activating group) is 1. The van der Waals surface area contributed by atoms with Crippen molar-refractivity contribution < 1.29 is 9.18 Å². The van der Waals surface area contributed by atoms with Crippen LogP contribution in [0.5, 0.6) is 0 Å². The van der Waals surface area contributed by atoms with E-state index in [9.17, 15) is 9.18 Å². The van der Waals surface area contributed by atoms with Crippen LogP contribution in [0.15, 0.2) is 52.5 Å². The molecule has 0 spiro atoms. The molecule has 7 heteroatoms. The predicted octanol–water partition coefficient (Wildman–Crippen LogP) is 4.11. The molecule has 0 saturated carbocycles. The summed E-state index contributed by atoms with van der Waals surface area (Å²) in [5.74, 6) is -0.485. The molecule has 1 amide bonds. The van der Waals surface area contributed by atoms with Crippen LogP contribution in [-0.4, -0.2) is 28.0 Å². The maximum atomic E-state index is 12.9. The Balaban J connectivity index is 1.91. The highest BCUT2D eigenvalue weighted by Gasteiger charge is 2.30. The number of rotatable bonds is 2. The van der Waals surface area contributed by atoms with E-state index in [1.165, 1.54) is 28.8 Å². The van der Waals surface area contributed by atoms with Crippen molar-refractivity contribution >= 4 is 46.2 Å². The number of hydrogen-bond acceptors (Lipinski definition) is 4. The first kappa shape index (κ1) is 15.7. The van der Waals surface area contributed by atoms with Gasteiger partial charge in [-0.25, -0.2) is 14.4 Å². The molecule has 116 valence electrons. The molecular weight excluding hydrogens is 337 g/mol. The Labute approximate surface area is 141 Å². The molecule has 0 aliphatic carbocycles. The first-order chi connectivity index (χ1) is 11.0. The fourth-order valence-corrected chi connectivity index (χ4v) is 3.07. The van der Waals surface area contributed by atoms with Gasteiger partial charge in [-0.3, -0.25) is 9.69 Å². The van der Waals surface area contributed by atoms with Gasteiger partial charge in [-0.15, -0.1) is 0 Å². The Bertz CT molecular complexity index is 820. The Morgan fingerprint density at radius 2 is 2.04 bits per heavy atom. The van der Waals surface area contributed by atoms with E-state index in [1.54, 1.807) is 43.6 Å². The molecule has 23 heavy (non-hydrogen) atoms. The number of thioether (sulfide) groups is 1. The van der Waals surface area contributed by atoms with E-state index in [0.717, 1.165) is 5.56 Å². The lowest BCUT2D eigenvalue weighted by Crippen LogP contribution is -2.23. The minimum atomic E-state index is -0.317. The summed E-state index contributed by atoms with van der Waals surface area (Å²) in [7, 11) is 1.64. The molecular formula is C16H11ClFN3OS. The van der Waals surface area contributed by atoms with E-state index < -0.39 is 0 Å². The van der Waals surface area contributed by atoms with Gasteiger partial charge in [-0.2, -0.15) is 0 Å². The Kier molecular flexibility index (Phi) is 4.45. The van der Waals surface area contributed by atoms with Crippen LogP contribution in [0.2, 0.25) is 5.15 Å². The van der Waals surface area contributed by atoms with Crippen molar-refractivity contribution in [3.8, 4) is 0 Å². The number of carbonyl (C=O) groups excluding carboxylic acids is 1. The highest BCUT2D eigenvalue weighted by molar-refractivity contribution is 8.18. The second-order valence-electron chi connectivity index (χ2n) is 4.73. The number of hydrogen-bond donors (Lipinski definition) is 0. The van der Waals surface area contributed by atoms with E-state index in [4.69, 9.17) is 11.6 Å². The molecule has 1 aliphatic rings. The molecule has 1 saturated heterocycles. The van der Waals surface area contributed by atoms with Gasteiger partial charge < -0.3 is 0 Å². The maximum Gasteiger partial charge on any atom is 0.266 e. The monoisotopic (exact) mass is 347 g/mol. The molecule has 3 rings (SSSR count). The number of nitrogens with zero attached hydrogens (tertiary/aromatic N) is 3. The van der Waals surface area contributed by atoms with Gasteiger partial charge in [-0.1, -0.05) is 23.7 Å². The molecule has 1 aromatic carbocycles. The number of halogens is 2. The summed E-state index contributed by atoms with van der Waals surface area (Å²) in [6, 6.07) is 9.38. The molecule has 1 fully saturated rings. The zero-order valence-corrected chi connectivity index (χ0v) is 13.6. The van der Waals surface area contributed by atoms with Crippen molar-refractivity contribution in [1.29, 1.82) is 0 Å². The molecule has 2 heterocycles. The lowest BCUT2D eigenvalue weighted by molar-refractivity contribution is -0.121. The third-order valence-electron chi connectivity index (χ3n) is 3.13. The van der Waals surface area contributed by atoms with Crippen LogP contribution < -0.4 is 0 Å². The van der Waals surface area contributed by atoms with Crippen LogP contribution >= 0.6 is 23.4 Å². The number of amidine groups is 1. The van der Waals surface area contributed by atoms with Crippen molar-refractivity contribution in [3.05, 3.63) is 64.0 Å². The van der Waals surface area contributed by atoms with E-state index >= 15 is 0 Å². The van der Waals surface area contributed by atoms with E-state index in [2.05, 4.69) is 9.98 Å². The van der Waals surface area contributed by atoms with Crippen molar-refractivity contribution in [2.75, 3.05) is 7.05 Å². The maximum absolute atomic E-state index is 12.9. The van der Waals surface area contributed by atoms with Crippen molar-refractivity contribution in [1.82, 2.24) is 9.88 Å². The largest absolute Gasteiger partial charge is 0.290 e. The van der Waals surface area contributed by atoms with E-state index in [0.29, 0.717) is 15.8 Å². The van der Waals surface area contributed by atoms with Crippen LogP contribution in [0.4, 0.5) is 10.1 Å². The summed E-state index contributed by atoms with van der Waals surface area (Å²) in [6.45, 7) is 0. The van der Waals surface area contributed by atoms with Gasteiger partial charge in [-0.05, 0) is 47.7 Å². The first-order valence-electron chi connectivity index (χ1n) is 6.67. The number of pyridine rings is 1. The zero-order chi connectivity index (χ0) is 16.4. The standard InChI is InChI=1S/C16H11ClFN3OS/c1-21-15(22)13(9-10-4-6-11(18)7-5-10)23-16(21)20-12-3-2-8-19-14(12)17/h2-9H,1H3/b13-9-,20-16?. The average molecular weight is 348 g/mol. The van der Waals surface area contributed by atoms with Gasteiger partial charge in [0.1, 0.15) is 11.5 Å². The molecule has 0 radical (unpaired) electrons. The summed E-state index contributed by atoms with van der Waals surface area (Å²) in [4.78, 5) is 22.6. The van der Waals surface area contributed by atoms with Crippen molar-refractivity contribution in [2.45, 2.75) is 0 Å². The minimum absolute atomic E-state index is 0.168. The molecule has 0 N–H and O–H groups in total. The second kappa shape index (κ2) is 6.52. The van der Waals surface area contributed by atoms with E-state index in [-0.39, 0.29) is 16.9 Å². The van der Waals surface area contributed by atoms with Gasteiger partial charge in [0.15, 0.2) is 10.3 Å². The topological polar surface area (TPSA) is 45.6 Å². The average Bonchev–Trinajstić information content (AvgIpc) is 2.80. The van der Waals surface area contributed by atoms with Gasteiger partial charge in [0.25, 0.3) is 5.91 Å². The fourth-order valence-electron chi connectivity index (χ4n) is 1.93. The SMILES string of the molecule is CN1C(=O)/C(=C/c2ccc(F)cc2)SC1=Nc1cccnc1Cl. The normalized spacial score (nSPS) is 18.2. The van der Waals surface area contributed by atoms with Crippen LogP contribution in [0, 0.1) is 5.82 Å². The van der Waals surface area contributed by atoms with Crippen LogP contribution in [0.1, 0.15) is 5.56 Å². The second-order valence-corrected chi connectivity index (χ2v) is 6.10. The number of aliphatic imine (C=N–C) groups is 1. The lowest BCUT2D eigenvalue weighted by atomic mass is 10.2. The van der Waals surface area contributed by atoms with Gasteiger partial charge in [0.2, 0.25) is 0 Å². The summed E-state index contributed by atoms with van der Waals surface area (Å²) in [5.41, 5.74) is 1.25. The molecule has 4 nitrogen and oxygen atoms in total. The number of carbonyl (C=O) groups is 1. The number of benzene rings is 1. The molecule has 1 aromatic heterocycles. The van der Waals surface area contributed by atoms with Crippen molar-refractivity contribution in [2.24, 2.45) is 4.99 Å². The molecule has 0 atom stereocenters. The van der Waals surface area contributed by atoms with Crippen LogP contribution in [0.25, 0.3) is 6.08 Å². The predicted molar refractivity (Wildman–Crippen MR) is 91.1 cm³/mol. The van der Waals surface area contributed by atoms with Gasteiger partial charge in [0, 0.05) is 13.2 Å². The Hall–Kier alpha value is -2.18. The molecule has 2 aromatic rings. The molecule has 0 unspecified atom stereocenters. The Morgan fingerprint density at radius 3 is 2.74 bits per heavy atom. The fraction of sp³-hybridized carbons (Fsp3) is 0.0625. The number of amides is 1. The smallest absolute Gasteiger partial charge is 0.266 e. The minimum Gasteiger partial charge on any atom is -0.290 e. The summed E-state index contributed by atoms with van der Waals surface area (Å²) in [5, 5.41) is 0.788. The van der Waals surface area contributed by atoms with E-state index in [1.807, 2.05) is 0 Å². The lowest BCUT2D eigenvalue weighted by Gasteiger charge is -2.07. The first-order valence-corrected chi connectivity index (χ1v) is 7.86. The highest BCUT2D eigenvalue weighted by atomic mass is 35.5. The Morgan fingerprint density at radius 1 is 1.30 bits per heavy atom. The zero-order valence-electron chi connectivity index (χ0n) is 12.0. The van der Waals surface area contributed by atoms with Crippen LogP contribution in [0.3, 0.4) is 0 Å². The summed E-state index contributed by atoms with van der Waals surface area (Å²) in [6.07, 6.45) is 3.28. The third-order valence-corrected chi connectivity index (χ3v) is 4.48. The van der Waals surface area contributed by atoms with Crippen LogP contribution in [-0.2, 0) is 4.79 Å². The van der Waals surface area contributed by atoms with Gasteiger partial charge >= 0.3 is 0 Å². The summed E-state index contributed by atoms with van der Waals surface area (Å²) >= 11 is 7.22.